The number of rotatable bonds is 5. The Bertz CT molecular complexity index is 624. The number of benzene rings is 1. The highest BCUT2D eigenvalue weighted by Gasteiger charge is 2.28. The van der Waals surface area contributed by atoms with E-state index in [9.17, 15) is 0 Å². The summed E-state index contributed by atoms with van der Waals surface area (Å²) in [5.74, 6) is 1.31. The van der Waals surface area contributed by atoms with Crippen molar-refractivity contribution >= 4 is 6.01 Å². The smallest absolute Gasteiger partial charge is 0.318 e. The first-order valence-electron chi connectivity index (χ1n) is 8.62. The lowest BCUT2D eigenvalue weighted by atomic mass is 9.85. The Hall–Kier alpha value is -1.88. The molecule has 2 heterocycles. The van der Waals surface area contributed by atoms with Crippen LogP contribution in [0.5, 0.6) is 0 Å². The van der Waals surface area contributed by atoms with Crippen molar-refractivity contribution in [2.24, 2.45) is 0 Å². The van der Waals surface area contributed by atoms with Gasteiger partial charge in [-0.2, -0.15) is 0 Å². The number of ether oxygens (including phenoxy) is 1. The van der Waals surface area contributed by atoms with Crippen LogP contribution in [-0.2, 0) is 11.3 Å². The van der Waals surface area contributed by atoms with E-state index in [1.165, 1.54) is 24.8 Å². The van der Waals surface area contributed by atoms with Crippen molar-refractivity contribution < 1.29 is 9.15 Å². The molecule has 0 spiro atoms. The van der Waals surface area contributed by atoms with Crippen molar-refractivity contribution in [3.05, 3.63) is 41.8 Å². The Balaban J connectivity index is 1.34. The van der Waals surface area contributed by atoms with E-state index in [2.05, 4.69) is 27.2 Å². The molecule has 1 aliphatic heterocycles. The Morgan fingerprint density at radius 2 is 1.96 bits per heavy atom. The maximum Gasteiger partial charge on any atom is 0.318 e. The third kappa shape index (κ3) is 3.39. The highest BCUT2D eigenvalue weighted by molar-refractivity contribution is 5.26. The van der Waals surface area contributed by atoms with Gasteiger partial charge in [-0.15, -0.1) is 5.10 Å². The molecule has 5 nitrogen and oxygen atoms in total. The average molecular weight is 313 g/mol. The standard InChI is InChI=1S/C18H23N3O2/c1-2-6-14(7-3-1)13-22-16-10-5-11-21(12-16)18-20-19-17(23-18)15-8-4-9-15/h1-3,6-7,15-16H,4-5,8-13H2/t16-/m0/s1. The number of piperidine rings is 1. The Morgan fingerprint density at radius 3 is 2.74 bits per heavy atom. The van der Waals surface area contributed by atoms with Gasteiger partial charge in [-0.3, -0.25) is 0 Å². The van der Waals surface area contributed by atoms with Crippen molar-refractivity contribution in [3.63, 3.8) is 0 Å². The highest BCUT2D eigenvalue weighted by Crippen LogP contribution is 2.36. The minimum absolute atomic E-state index is 0.225. The van der Waals surface area contributed by atoms with E-state index >= 15 is 0 Å². The van der Waals surface area contributed by atoms with Crippen LogP contribution in [0.3, 0.4) is 0 Å². The molecule has 1 aliphatic carbocycles. The van der Waals surface area contributed by atoms with Crippen LogP contribution in [0.4, 0.5) is 6.01 Å². The molecule has 122 valence electrons. The van der Waals surface area contributed by atoms with Crippen LogP contribution < -0.4 is 4.90 Å². The first-order chi connectivity index (χ1) is 11.4. The molecule has 0 N–H and O–H groups in total. The minimum atomic E-state index is 0.225. The van der Waals surface area contributed by atoms with Gasteiger partial charge in [0.05, 0.1) is 12.7 Å². The second kappa shape index (κ2) is 6.71. The second-order valence-electron chi connectivity index (χ2n) is 6.56. The van der Waals surface area contributed by atoms with Gasteiger partial charge in [-0.1, -0.05) is 41.9 Å². The van der Waals surface area contributed by atoms with Gasteiger partial charge in [-0.05, 0) is 31.2 Å². The topological polar surface area (TPSA) is 51.4 Å². The van der Waals surface area contributed by atoms with E-state index < -0.39 is 0 Å². The molecule has 1 saturated carbocycles. The molecule has 0 bridgehead atoms. The molecule has 0 unspecified atom stereocenters. The summed E-state index contributed by atoms with van der Waals surface area (Å²) in [7, 11) is 0. The first kappa shape index (κ1) is 14.7. The van der Waals surface area contributed by atoms with Crippen molar-refractivity contribution in [2.75, 3.05) is 18.0 Å². The van der Waals surface area contributed by atoms with Crippen molar-refractivity contribution in [3.8, 4) is 0 Å². The van der Waals surface area contributed by atoms with Gasteiger partial charge in [0.15, 0.2) is 0 Å². The Kier molecular flexibility index (Phi) is 4.28. The van der Waals surface area contributed by atoms with Gasteiger partial charge in [0, 0.05) is 19.0 Å². The number of aromatic nitrogens is 2. The fourth-order valence-corrected chi connectivity index (χ4v) is 3.21. The summed E-state index contributed by atoms with van der Waals surface area (Å²) >= 11 is 0. The van der Waals surface area contributed by atoms with Gasteiger partial charge < -0.3 is 14.1 Å². The summed E-state index contributed by atoms with van der Waals surface area (Å²) in [6.07, 6.45) is 6.06. The molecule has 5 heteroatoms. The molecule has 0 radical (unpaired) electrons. The van der Waals surface area contributed by atoms with Crippen LogP contribution in [0.2, 0.25) is 0 Å². The van der Waals surface area contributed by atoms with Gasteiger partial charge in [-0.25, -0.2) is 0 Å². The highest BCUT2D eigenvalue weighted by atomic mass is 16.5. The normalized spacial score (nSPS) is 22.1. The molecule has 1 atom stereocenters. The van der Waals surface area contributed by atoms with Crippen LogP contribution >= 0.6 is 0 Å². The zero-order valence-corrected chi connectivity index (χ0v) is 13.4. The van der Waals surface area contributed by atoms with E-state index in [4.69, 9.17) is 9.15 Å². The number of hydrogen-bond donors (Lipinski definition) is 0. The summed E-state index contributed by atoms with van der Waals surface area (Å²) in [6.45, 7) is 2.47. The van der Waals surface area contributed by atoms with Gasteiger partial charge in [0.1, 0.15) is 0 Å². The summed E-state index contributed by atoms with van der Waals surface area (Å²) in [6, 6.07) is 11.0. The molecule has 0 amide bonds. The average Bonchev–Trinajstić information content (AvgIpc) is 3.02. The van der Waals surface area contributed by atoms with Crippen LogP contribution in [0, 0.1) is 0 Å². The monoisotopic (exact) mass is 313 g/mol. The van der Waals surface area contributed by atoms with E-state index in [1.807, 2.05) is 18.2 Å². The largest absolute Gasteiger partial charge is 0.408 e. The zero-order valence-electron chi connectivity index (χ0n) is 13.4. The molecule has 4 rings (SSSR count). The number of anilines is 1. The first-order valence-corrected chi connectivity index (χ1v) is 8.62. The van der Waals surface area contributed by atoms with E-state index in [-0.39, 0.29) is 6.10 Å². The SMILES string of the molecule is c1ccc(CO[C@H]2CCCN(c3nnc(C4CCC4)o3)C2)cc1. The van der Waals surface area contributed by atoms with E-state index in [0.29, 0.717) is 18.5 Å². The molecule has 2 aliphatic rings. The Morgan fingerprint density at radius 1 is 1.09 bits per heavy atom. The summed E-state index contributed by atoms with van der Waals surface area (Å²) in [5.41, 5.74) is 1.22. The number of nitrogens with zero attached hydrogens (tertiary/aromatic N) is 3. The van der Waals surface area contributed by atoms with Gasteiger partial charge in [0.2, 0.25) is 5.89 Å². The molecule has 1 aromatic carbocycles. The van der Waals surface area contributed by atoms with Crippen LogP contribution in [0.15, 0.2) is 34.7 Å². The summed E-state index contributed by atoms with van der Waals surface area (Å²) in [5, 5.41) is 8.48. The van der Waals surface area contributed by atoms with E-state index in [0.717, 1.165) is 31.8 Å². The fraction of sp³-hybridized carbons (Fsp3) is 0.556. The summed E-state index contributed by atoms with van der Waals surface area (Å²) < 4.78 is 12.0. The minimum Gasteiger partial charge on any atom is -0.408 e. The molecule has 23 heavy (non-hydrogen) atoms. The second-order valence-corrected chi connectivity index (χ2v) is 6.56. The van der Waals surface area contributed by atoms with Crippen molar-refractivity contribution in [1.82, 2.24) is 10.2 Å². The van der Waals surface area contributed by atoms with Gasteiger partial charge >= 0.3 is 6.01 Å². The third-order valence-corrected chi connectivity index (χ3v) is 4.86. The predicted octanol–water partition coefficient (Wildman–Crippen LogP) is 3.52. The molecular formula is C18H23N3O2. The maximum absolute atomic E-state index is 6.08. The van der Waals surface area contributed by atoms with Crippen LogP contribution in [0.25, 0.3) is 0 Å². The van der Waals surface area contributed by atoms with Gasteiger partial charge in [0.25, 0.3) is 0 Å². The zero-order chi connectivity index (χ0) is 15.5. The lowest BCUT2D eigenvalue weighted by molar-refractivity contribution is 0.0306. The number of hydrogen-bond acceptors (Lipinski definition) is 5. The molecule has 1 saturated heterocycles. The van der Waals surface area contributed by atoms with Crippen LogP contribution in [-0.4, -0.2) is 29.4 Å². The summed E-state index contributed by atoms with van der Waals surface area (Å²) in [4.78, 5) is 2.17. The lowest BCUT2D eigenvalue weighted by Crippen LogP contribution is -2.39. The van der Waals surface area contributed by atoms with Crippen molar-refractivity contribution in [1.29, 1.82) is 0 Å². The quantitative estimate of drug-likeness (QED) is 0.845. The fourth-order valence-electron chi connectivity index (χ4n) is 3.21. The lowest BCUT2D eigenvalue weighted by Gasteiger charge is -2.31. The molecule has 2 aromatic rings. The maximum atomic E-state index is 6.08. The van der Waals surface area contributed by atoms with Crippen LogP contribution in [0.1, 0.15) is 49.5 Å². The molecular weight excluding hydrogens is 290 g/mol. The molecule has 1 aromatic heterocycles. The predicted molar refractivity (Wildman–Crippen MR) is 87.4 cm³/mol. The van der Waals surface area contributed by atoms with Crippen molar-refractivity contribution in [2.45, 2.75) is 50.7 Å². The molecule has 2 fully saturated rings. The third-order valence-electron chi connectivity index (χ3n) is 4.86. The van der Waals surface area contributed by atoms with E-state index in [1.54, 1.807) is 0 Å². The Labute approximate surface area is 136 Å².